The number of halogens is 1. The predicted octanol–water partition coefficient (Wildman–Crippen LogP) is 5.17. The molecule has 0 saturated carbocycles. The van der Waals surface area contributed by atoms with Crippen LogP contribution in [0.2, 0.25) is 0 Å². The van der Waals surface area contributed by atoms with E-state index in [9.17, 15) is 0 Å². The Morgan fingerprint density at radius 2 is 1.95 bits per heavy atom. The van der Waals surface area contributed by atoms with E-state index in [0.717, 1.165) is 23.8 Å². The van der Waals surface area contributed by atoms with Gasteiger partial charge in [0.1, 0.15) is 5.01 Å². The van der Waals surface area contributed by atoms with Crippen LogP contribution in [0.4, 0.5) is 0 Å². The van der Waals surface area contributed by atoms with Gasteiger partial charge in [0.2, 0.25) is 0 Å². The minimum Gasteiger partial charge on any atom is -0.299 e. The maximum absolute atomic E-state index is 5.81. The van der Waals surface area contributed by atoms with Gasteiger partial charge in [0.25, 0.3) is 0 Å². The van der Waals surface area contributed by atoms with E-state index in [0.29, 0.717) is 5.88 Å². The van der Waals surface area contributed by atoms with Gasteiger partial charge in [-0.05, 0) is 25.1 Å². The molecule has 114 valence electrons. The van der Waals surface area contributed by atoms with E-state index in [4.69, 9.17) is 11.6 Å². The molecule has 0 amide bonds. The Morgan fingerprint density at radius 3 is 2.52 bits per heavy atom. The zero-order chi connectivity index (χ0) is 15.1. The van der Waals surface area contributed by atoms with Crippen molar-refractivity contribution in [1.82, 2.24) is 9.88 Å². The molecule has 0 N–H and O–H groups in total. The molecule has 2 aromatic rings. The number of thiazole rings is 1. The molecule has 0 aliphatic rings. The summed E-state index contributed by atoms with van der Waals surface area (Å²) in [5.74, 6) is 0.484. The van der Waals surface area contributed by atoms with Crippen LogP contribution >= 0.6 is 22.9 Å². The fraction of sp³-hybridized carbons (Fsp3) is 0.471. The molecule has 0 unspecified atom stereocenters. The number of benzene rings is 1. The van der Waals surface area contributed by atoms with E-state index < -0.39 is 0 Å². The van der Waals surface area contributed by atoms with Crippen molar-refractivity contribution in [3.05, 3.63) is 40.9 Å². The van der Waals surface area contributed by atoms with E-state index >= 15 is 0 Å². The molecule has 2 nitrogen and oxygen atoms in total. The Labute approximate surface area is 136 Å². The van der Waals surface area contributed by atoms with Gasteiger partial charge in [-0.25, -0.2) is 4.98 Å². The Hall–Kier alpha value is -0.900. The van der Waals surface area contributed by atoms with E-state index in [-0.39, 0.29) is 0 Å². The van der Waals surface area contributed by atoms with Gasteiger partial charge < -0.3 is 0 Å². The summed E-state index contributed by atoms with van der Waals surface area (Å²) < 4.78 is 0. The van der Waals surface area contributed by atoms with Gasteiger partial charge in [0, 0.05) is 17.5 Å². The van der Waals surface area contributed by atoms with Gasteiger partial charge in [-0.1, -0.05) is 44.5 Å². The first-order chi connectivity index (χ1) is 10.3. The second kappa shape index (κ2) is 8.52. The first-order valence-electron chi connectivity index (χ1n) is 7.58. The van der Waals surface area contributed by atoms with Crippen molar-refractivity contribution in [3.8, 4) is 10.6 Å². The highest BCUT2D eigenvalue weighted by atomic mass is 35.5. The van der Waals surface area contributed by atoms with Crippen molar-refractivity contribution in [1.29, 1.82) is 0 Å². The number of hydrogen-bond donors (Lipinski definition) is 0. The Kier molecular flexibility index (Phi) is 6.68. The minimum atomic E-state index is 0.484. The quantitative estimate of drug-likeness (QED) is 0.623. The third kappa shape index (κ3) is 4.80. The highest BCUT2D eigenvalue weighted by Gasteiger charge is 2.06. The van der Waals surface area contributed by atoms with E-state index in [1.807, 2.05) is 5.38 Å². The number of aromatic nitrogens is 1. The van der Waals surface area contributed by atoms with E-state index in [1.165, 1.54) is 30.5 Å². The molecule has 21 heavy (non-hydrogen) atoms. The molecular weight excluding hydrogens is 300 g/mol. The monoisotopic (exact) mass is 322 g/mol. The van der Waals surface area contributed by atoms with Crippen LogP contribution in [-0.4, -0.2) is 23.0 Å². The summed E-state index contributed by atoms with van der Waals surface area (Å²) in [5, 5.41) is 3.08. The molecular formula is C17H23ClN2S. The molecule has 2 rings (SSSR count). The number of nitrogens with zero attached hydrogens (tertiary/aromatic N) is 2. The van der Waals surface area contributed by atoms with E-state index in [2.05, 4.69) is 48.0 Å². The SMILES string of the molecule is CCCCN(CC)Cc1ccc(-c2nc(CCl)cs2)cc1. The van der Waals surface area contributed by atoms with Crippen molar-refractivity contribution in [3.63, 3.8) is 0 Å². The number of alkyl halides is 1. The van der Waals surface area contributed by atoms with Crippen molar-refractivity contribution in [2.24, 2.45) is 0 Å². The Morgan fingerprint density at radius 1 is 1.19 bits per heavy atom. The molecule has 0 atom stereocenters. The van der Waals surface area contributed by atoms with Crippen molar-refractivity contribution >= 4 is 22.9 Å². The lowest BCUT2D eigenvalue weighted by atomic mass is 10.1. The molecule has 1 aromatic carbocycles. The Bertz CT molecular complexity index is 536. The summed E-state index contributed by atoms with van der Waals surface area (Å²) in [4.78, 5) is 7.02. The van der Waals surface area contributed by atoms with Crippen LogP contribution in [0.3, 0.4) is 0 Å². The first kappa shape index (κ1) is 16.5. The maximum atomic E-state index is 5.81. The third-order valence-electron chi connectivity index (χ3n) is 3.57. The second-order valence-corrected chi connectivity index (χ2v) is 6.32. The standard InChI is InChI=1S/C17H23ClN2S/c1-3-5-10-20(4-2)12-14-6-8-15(9-7-14)17-19-16(11-18)13-21-17/h6-9,13H,3-5,10-12H2,1-2H3. The van der Waals surface area contributed by atoms with Crippen LogP contribution in [0.1, 0.15) is 37.9 Å². The lowest BCUT2D eigenvalue weighted by Gasteiger charge is -2.20. The predicted molar refractivity (Wildman–Crippen MR) is 93.0 cm³/mol. The first-order valence-corrected chi connectivity index (χ1v) is 9.00. The van der Waals surface area contributed by atoms with Crippen LogP contribution in [0.5, 0.6) is 0 Å². The lowest BCUT2D eigenvalue weighted by Crippen LogP contribution is -2.23. The summed E-state index contributed by atoms with van der Waals surface area (Å²) in [6.45, 7) is 7.79. The number of hydrogen-bond acceptors (Lipinski definition) is 3. The molecule has 0 bridgehead atoms. The van der Waals surface area contributed by atoms with Gasteiger partial charge in [0.15, 0.2) is 0 Å². The summed E-state index contributed by atoms with van der Waals surface area (Å²) in [5.41, 5.74) is 3.50. The van der Waals surface area contributed by atoms with Gasteiger partial charge in [-0.3, -0.25) is 4.90 Å². The average Bonchev–Trinajstić information content (AvgIpc) is 3.01. The van der Waals surface area contributed by atoms with E-state index in [1.54, 1.807) is 11.3 Å². The van der Waals surface area contributed by atoms with Gasteiger partial charge in [-0.15, -0.1) is 22.9 Å². The van der Waals surface area contributed by atoms with Crippen molar-refractivity contribution in [2.45, 2.75) is 39.1 Å². The topological polar surface area (TPSA) is 16.1 Å². The summed E-state index contributed by atoms with van der Waals surface area (Å²) in [6, 6.07) is 8.76. The van der Waals surface area contributed by atoms with Gasteiger partial charge in [-0.2, -0.15) is 0 Å². The smallest absolute Gasteiger partial charge is 0.123 e. The fourth-order valence-corrected chi connectivity index (χ4v) is 3.30. The highest BCUT2D eigenvalue weighted by molar-refractivity contribution is 7.13. The fourth-order valence-electron chi connectivity index (χ4n) is 2.24. The summed E-state index contributed by atoms with van der Waals surface area (Å²) >= 11 is 7.46. The molecule has 0 aliphatic heterocycles. The number of unbranched alkanes of at least 4 members (excludes halogenated alkanes) is 1. The average molecular weight is 323 g/mol. The van der Waals surface area contributed by atoms with Crippen molar-refractivity contribution < 1.29 is 0 Å². The van der Waals surface area contributed by atoms with Crippen LogP contribution < -0.4 is 0 Å². The van der Waals surface area contributed by atoms with Gasteiger partial charge >= 0.3 is 0 Å². The van der Waals surface area contributed by atoms with Gasteiger partial charge in [0.05, 0.1) is 11.6 Å². The summed E-state index contributed by atoms with van der Waals surface area (Å²) in [7, 11) is 0. The Balaban J connectivity index is 2.01. The van der Waals surface area contributed by atoms with Crippen molar-refractivity contribution in [2.75, 3.05) is 13.1 Å². The second-order valence-electron chi connectivity index (χ2n) is 5.20. The largest absolute Gasteiger partial charge is 0.299 e. The molecule has 0 saturated heterocycles. The highest BCUT2D eigenvalue weighted by Crippen LogP contribution is 2.24. The van der Waals surface area contributed by atoms with Crippen LogP contribution in [0.25, 0.3) is 10.6 Å². The third-order valence-corrected chi connectivity index (χ3v) is 4.78. The number of rotatable bonds is 8. The summed E-state index contributed by atoms with van der Waals surface area (Å²) in [6.07, 6.45) is 2.52. The van der Waals surface area contributed by atoms with Crippen LogP contribution in [0, 0.1) is 0 Å². The molecule has 0 fully saturated rings. The molecule has 4 heteroatoms. The minimum absolute atomic E-state index is 0.484. The zero-order valence-corrected chi connectivity index (χ0v) is 14.4. The van der Waals surface area contributed by atoms with Crippen LogP contribution in [-0.2, 0) is 12.4 Å². The molecule has 0 radical (unpaired) electrons. The molecule has 1 heterocycles. The van der Waals surface area contributed by atoms with Crippen LogP contribution in [0.15, 0.2) is 29.6 Å². The molecule has 0 aliphatic carbocycles. The lowest BCUT2D eigenvalue weighted by molar-refractivity contribution is 0.275. The maximum Gasteiger partial charge on any atom is 0.123 e. The normalized spacial score (nSPS) is 11.2. The molecule has 0 spiro atoms. The zero-order valence-electron chi connectivity index (χ0n) is 12.8. The molecule has 1 aromatic heterocycles.